The number of hydrogen-bond donors (Lipinski definition) is 1. The minimum absolute atomic E-state index is 0.560. The van der Waals surface area contributed by atoms with Crippen LogP contribution in [0.1, 0.15) is 5.56 Å². The second-order valence-electron chi connectivity index (χ2n) is 3.37. The molecule has 15 heavy (non-hydrogen) atoms. The first kappa shape index (κ1) is 10.6. The maximum atomic E-state index is 5.06. The molecule has 2 rings (SSSR count). The number of halogens is 1. The van der Waals surface area contributed by atoms with E-state index in [2.05, 4.69) is 26.0 Å². The SMILES string of the molecule is Cc1ccc(Br)cc1-c1nc(=S)n(C)[nH]1. The van der Waals surface area contributed by atoms with Gasteiger partial charge in [0, 0.05) is 17.1 Å². The quantitative estimate of drug-likeness (QED) is 0.816. The van der Waals surface area contributed by atoms with Gasteiger partial charge in [-0.1, -0.05) is 22.0 Å². The molecule has 0 aliphatic rings. The Hall–Kier alpha value is -0.940. The van der Waals surface area contributed by atoms with Gasteiger partial charge in [0.05, 0.1) is 0 Å². The molecular formula is C10H10BrN3S. The van der Waals surface area contributed by atoms with Crippen LogP contribution >= 0.6 is 28.1 Å². The Bertz CT molecular complexity index is 556. The zero-order valence-electron chi connectivity index (χ0n) is 8.41. The summed E-state index contributed by atoms with van der Waals surface area (Å²) >= 11 is 8.50. The number of aromatic amines is 1. The zero-order valence-corrected chi connectivity index (χ0v) is 10.8. The summed E-state index contributed by atoms with van der Waals surface area (Å²) in [5, 5.41) is 3.11. The molecule has 0 fully saturated rings. The molecule has 0 unspecified atom stereocenters. The van der Waals surface area contributed by atoms with Gasteiger partial charge in [0.1, 0.15) is 0 Å². The lowest BCUT2D eigenvalue weighted by atomic mass is 10.1. The molecule has 0 aliphatic heterocycles. The zero-order chi connectivity index (χ0) is 11.0. The minimum atomic E-state index is 0.560. The molecule has 0 saturated carbocycles. The van der Waals surface area contributed by atoms with Gasteiger partial charge in [-0.15, -0.1) is 0 Å². The average molecular weight is 284 g/mol. The van der Waals surface area contributed by atoms with Crippen LogP contribution in [-0.4, -0.2) is 14.8 Å². The molecule has 78 valence electrons. The molecule has 0 spiro atoms. The maximum Gasteiger partial charge on any atom is 0.216 e. The van der Waals surface area contributed by atoms with E-state index in [-0.39, 0.29) is 0 Å². The van der Waals surface area contributed by atoms with Crippen LogP contribution < -0.4 is 0 Å². The van der Waals surface area contributed by atoms with Crippen molar-refractivity contribution in [2.24, 2.45) is 7.05 Å². The summed E-state index contributed by atoms with van der Waals surface area (Å²) in [6, 6.07) is 6.09. The molecule has 0 amide bonds. The molecule has 5 heteroatoms. The van der Waals surface area contributed by atoms with Gasteiger partial charge in [-0.3, -0.25) is 9.78 Å². The lowest BCUT2D eigenvalue weighted by Crippen LogP contribution is -1.90. The highest BCUT2D eigenvalue weighted by Gasteiger charge is 2.06. The molecular weight excluding hydrogens is 274 g/mol. The van der Waals surface area contributed by atoms with Gasteiger partial charge in [-0.2, -0.15) is 4.98 Å². The summed E-state index contributed by atoms with van der Waals surface area (Å²) < 4.78 is 3.32. The number of aryl methyl sites for hydroxylation is 2. The summed E-state index contributed by atoms with van der Waals surface area (Å²) in [5.74, 6) is 0.807. The second-order valence-corrected chi connectivity index (χ2v) is 4.65. The molecule has 0 radical (unpaired) electrons. The molecule has 1 aromatic heterocycles. The van der Waals surface area contributed by atoms with Crippen LogP contribution in [0.15, 0.2) is 22.7 Å². The lowest BCUT2D eigenvalue weighted by molar-refractivity contribution is 0.756. The number of hydrogen-bond acceptors (Lipinski definition) is 2. The van der Waals surface area contributed by atoms with Gasteiger partial charge in [-0.25, -0.2) is 0 Å². The summed E-state index contributed by atoms with van der Waals surface area (Å²) in [6.07, 6.45) is 0. The van der Waals surface area contributed by atoms with Crippen LogP contribution in [0.2, 0.25) is 0 Å². The van der Waals surface area contributed by atoms with Crippen molar-refractivity contribution < 1.29 is 0 Å². The largest absolute Gasteiger partial charge is 0.279 e. The van der Waals surface area contributed by atoms with Crippen molar-refractivity contribution in [3.63, 3.8) is 0 Å². The van der Waals surface area contributed by atoms with Gasteiger partial charge in [0.15, 0.2) is 5.82 Å². The van der Waals surface area contributed by atoms with Crippen molar-refractivity contribution in [1.82, 2.24) is 14.8 Å². The standard InChI is InChI=1S/C10H10BrN3S/c1-6-3-4-7(11)5-8(6)9-12-10(15)14(2)13-9/h3-5H,1-2H3,(H,12,13,15). The molecule has 1 N–H and O–H groups in total. The second kappa shape index (κ2) is 3.90. The predicted octanol–water partition coefficient (Wildman–Crippen LogP) is 3.22. The van der Waals surface area contributed by atoms with E-state index in [4.69, 9.17) is 12.2 Å². The third-order valence-electron chi connectivity index (χ3n) is 2.22. The van der Waals surface area contributed by atoms with E-state index in [1.54, 1.807) is 4.68 Å². The molecule has 0 atom stereocenters. The fraction of sp³-hybridized carbons (Fsp3) is 0.200. The van der Waals surface area contributed by atoms with Gasteiger partial charge < -0.3 is 0 Å². The molecule has 1 aromatic carbocycles. The van der Waals surface area contributed by atoms with Gasteiger partial charge >= 0.3 is 0 Å². The van der Waals surface area contributed by atoms with Gasteiger partial charge in [0.2, 0.25) is 4.77 Å². The third-order valence-corrected chi connectivity index (χ3v) is 3.08. The Morgan fingerprint density at radius 2 is 2.20 bits per heavy atom. The van der Waals surface area contributed by atoms with Crippen molar-refractivity contribution in [1.29, 1.82) is 0 Å². The van der Waals surface area contributed by atoms with Crippen molar-refractivity contribution >= 4 is 28.1 Å². The molecule has 1 heterocycles. The van der Waals surface area contributed by atoms with Crippen LogP contribution in [0, 0.1) is 11.7 Å². The number of aromatic nitrogens is 3. The Morgan fingerprint density at radius 3 is 2.80 bits per heavy atom. The Kier molecular flexibility index (Phi) is 2.75. The van der Waals surface area contributed by atoms with Gasteiger partial charge in [-0.05, 0) is 36.8 Å². The van der Waals surface area contributed by atoms with E-state index in [0.29, 0.717) is 4.77 Å². The predicted molar refractivity (Wildman–Crippen MR) is 66.3 cm³/mol. The monoisotopic (exact) mass is 283 g/mol. The van der Waals surface area contributed by atoms with E-state index >= 15 is 0 Å². The fourth-order valence-electron chi connectivity index (χ4n) is 1.37. The van der Waals surface area contributed by atoms with Crippen LogP contribution in [-0.2, 0) is 7.05 Å². The molecule has 0 bridgehead atoms. The first-order valence-electron chi connectivity index (χ1n) is 4.47. The maximum absolute atomic E-state index is 5.06. The topological polar surface area (TPSA) is 33.6 Å². The van der Waals surface area contributed by atoms with Crippen LogP contribution in [0.25, 0.3) is 11.4 Å². The van der Waals surface area contributed by atoms with E-state index < -0.39 is 0 Å². The summed E-state index contributed by atoms with van der Waals surface area (Å²) in [7, 11) is 1.85. The van der Waals surface area contributed by atoms with Crippen molar-refractivity contribution in [2.75, 3.05) is 0 Å². The Labute approximate surface area is 101 Å². The average Bonchev–Trinajstić information content (AvgIpc) is 2.51. The molecule has 0 aliphatic carbocycles. The molecule has 3 nitrogen and oxygen atoms in total. The van der Waals surface area contributed by atoms with E-state index in [9.17, 15) is 0 Å². The first-order chi connectivity index (χ1) is 7.08. The Morgan fingerprint density at radius 1 is 1.47 bits per heavy atom. The lowest BCUT2D eigenvalue weighted by Gasteiger charge is -2.02. The highest BCUT2D eigenvalue weighted by atomic mass is 79.9. The number of rotatable bonds is 1. The summed E-state index contributed by atoms with van der Waals surface area (Å²) in [5.41, 5.74) is 2.23. The van der Waals surface area contributed by atoms with Crippen LogP contribution in [0.3, 0.4) is 0 Å². The molecule has 2 aromatic rings. The highest BCUT2D eigenvalue weighted by Crippen LogP contribution is 2.23. The summed E-state index contributed by atoms with van der Waals surface area (Å²) in [6.45, 7) is 2.05. The number of H-pyrrole nitrogens is 1. The molecule has 0 saturated heterocycles. The van der Waals surface area contributed by atoms with Gasteiger partial charge in [0.25, 0.3) is 0 Å². The van der Waals surface area contributed by atoms with E-state index in [1.807, 2.05) is 32.2 Å². The number of nitrogens with zero attached hydrogens (tertiary/aromatic N) is 2. The van der Waals surface area contributed by atoms with E-state index in [0.717, 1.165) is 15.9 Å². The third kappa shape index (κ3) is 2.03. The summed E-state index contributed by atoms with van der Waals surface area (Å²) in [4.78, 5) is 4.28. The van der Waals surface area contributed by atoms with Crippen molar-refractivity contribution in [2.45, 2.75) is 6.92 Å². The van der Waals surface area contributed by atoms with Crippen LogP contribution in [0.4, 0.5) is 0 Å². The number of nitrogens with one attached hydrogen (secondary N) is 1. The van der Waals surface area contributed by atoms with Crippen molar-refractivity contribution in [3.05, 3.63) is 33.0 Å². The normalized spacial score (nSPS) is 10.6. The first-order valence-corrected chi connectivity index (χ1v) is 5.67. The smallest absolute Gasteiger partial charge is 0.216 e. The highest BCUT2D eigenvalue weighted by molar-refractivity contribution is 9.10. The minimum Gasteiger partial charge on any atom is -0.279 e. The van der Waals surface area contributed by atoms with E-state index in [1.165, 1.54) is 5.56 Å². The number of benzene rings is 1. The Balaban J connectivity index is 2.63. The van der Waals surface area contributed by atoms with Crippen molar-refractivity contribution in [3.8, 4) is 11.4 Å². The van der Waals surface area contributed by atoms with Crippen LogP contribution in [0.5, 0.6) is 0 Å². The fourth-order valence-corrected chi connectivity index (χ4v) is 1.87.